The molecule has 0 N–H and O–H groups in total. The molecule has 1 fully saturated rings. The van der Waals surface area contributed by atoms with E-state index in [1.165, 1.54) is 12.8 Å². The summed E-state index contributed by atoms with van der Waals surface area (Å²) < 4.78 is 8.28. The number of aromatic nitrogens is 2. The predicted molar refractivity (Wildman–Crippen MR) is 115 cm³/mol. The fourth-order valence-corrected chi connectivity index (χ4v) is 4.08. The molecule has 1 aliphatic rings. The zero-order valence-electron chi connectivity index (χ0n) is 17.1. The average Bonchev–Trinajstić information content (AvgIpc) is 2.91. The number of ether oxygens (including phenoxy) is 1. The van der Waals surface area contributed by atoms with Gasteiger partial charge in [0.2, 0.25) is 5.91 Å². The Bertz CT molecular complexity index is 943. The smallest absolute Gasteiger partial charge is 0.224 e. The van der Waals surface area contributed by atoms with Gasteiger partial charge >= 0.3 is 0 Å². The SMILES string of the molecule is CC(Oc1ccccc1)c1nc2ccccc2n1CCC(=O)N1CCCCCC1. The molecule has 29 heavy (non-hydrogen) atoms. The molecule has 4 rings (SSSR count). The van der Waals surface area contributed by atoms with Crippen molar-refractivity contribution in [2.45, 2.75) is 51.7 Å². The van der Waals surface area contributed by atoms with Crippen molar-refractivity contribution in [3.8, 4) is 5.75 Å². The minimum absolute atomic E-state index is 0.210. The number of nitrogens with zero attached hydrogens (tertiary/aromatic N) is 3. The molecule has 1 atom stereocenters. The van der Waals surface area contributed by atoms with Gasteiger partial charge in [-0.1, -0.05) is 43.2 Å². The van der Waals surface area contributed by atoms with Crippen LogP contribution in [-0.4, -0.2) is 33.4 Å². The second-order valence-corrected chi connectivity index (χ2v) is 7.73. The summed E-state index contributed by atoms with van der Waals surface area (Å²) in [5, 5.41) is 0. The monoisotopic (exact) mass is 391 g/mol. The van der Waals surface area contributed by atoms with Crippen LogP contribution < -0.4 is 4.74 Å². The second kappa shape index (κ2) is 9.12. The van der Waals surface area contributed by atoms with E-state index >= 15 is 0 Å². The summed E-state index contributed by atoms with van der Waals surface area (Å²) in [7, 11) is 0. The zero-order chi connectivity index (χ0) is 20.1. The van der Waals surface area contributed by atoms with Crippen molar-refractivity contribution in [2.75, 3.05) is 13.1 Å². The Balaban J connectivity index is 1.54. The molecular weight excluding hydrogens is 362 g/mol. The number of para-hydroxylation sites is 3. The Morgan fingerprint density at radius 2 is 1.69 bits per heavy atom. The first kappa shape index (κ1) is 19.5. The maximum Gasteiger partial charge on any atom is 0.224 e. The van der Waals surface area contributed by atoms with Gasteiger partial charge in [0.25, 0.3) is 0 Å². The van der Waals surface area contributed by atoms with E-state index < -0.39 is 0 Å². The van der Waals surface area contributed by atoms with Crippen LogP contribution in [0.4, 0.5) is 0 Å². The lowest BCUT2D eigenvalue weighted by Crippen LogP contribution is -2.32. The lowest BCUT2D eigenvalue weighted by atomic mass is 10.2. The largest absolute Gasteiger partial charge is 0.483 e. The number of benzene rings is 2. The van der Waals surface area contributed by atoms with Gasteiger partial charge in [-0.15, -0.1) is 0 Å². The summed E-state index contributed by atoms with van der Waals surface area (Å²) in [6.07, 6.45) is 4.98. The van der Waals surface area contributed by atoms with E-state index in [2.05, 4.69) is 10.6 Å². The van der Waals surface area contributed by atoms with Crippen LogP contribution in [0.3, 0.4) is 0 Å². The van der Waals surface area contributed by atoms with Crippen molar-refractivity contribution in [3.63, 3.8) is 0 Å². The van der Waals surface area contributed by atoms with Gasteiger partial charge in [-0.2, -0.15) is 0 Å². The Hall–Kier alpha value is -2.82. The highest BCUT2D eigenvalue weighted by Gasteiger charge is 2.20. The van der Waals surface area contributed by atoms with Crippen molar-refractivity contribution in [1.29, 1.82) is 0 Å². The second-order valence-electron chi connectivity index (χ2n) is 7.73. The van der Waals surface area contributed by atoms with E-state index in [4.69, 9.17) is 9.72 Å². The van der Waals surface area contributed by atoms with Crippen LogP contribution in [0.1, 0.15) is 51.0 Å². The summed E-state index contributed by atoms with van der Waals surface area (Å²) in [4.78, 5) is 19.7. The topological polar surface area (TPSA) is 47.4 Å². The first-order valence-electron chi connectivity index (χ1n) is 10.7. The molecule has 2 heterocycles. The van der Waals surface area contributed by atoms with Crippen molar-refractivity contribution in [3.05, 3.63) is 60.4 Å². The number of imidazole rings is 1. The van der Waals surface area contributed by atoms with E-state index in [-0.39, 0.29) is 12.0 Å². The molecule has 1 amide bonds. The van der Waals surface area contributed by atoms with Gasteiger partial charge in [0.05, 0.1) is 11.0 Å². The third-order valence-electron chi connectivity index (χ3n) is 5.61. The highest BCUT2D eigenvalue weighted by Crippen LogP contribution is 2.25. The Kier molecular flexibility index (Phi) is 6.13. The van der Waals surface area contributed by atoms with E-state index in [1.807, 2.05) is 60.4 Å². The minimum Gasteiger partial charge on any atom is -0.483 e. The standard InChI is InChI=1S/C24H29N3O2/c1-19(29-20-11-5-4-6-12-20)24-25-21-13-7-8-14-22(21)27(24)18-15-23(28)26-16-9-2-3-10-17-26/h4-8,11-14,19H,2-3,9-10,15-18H2,1H3. The Labute approximate surface area is 172 Å². The average molecular weight is 392 g/mol. The highest BCUT2D eigenvalue weighted by molar-refractivity contribution is 5.78. The van der Waals surface area contributed by atoms with E-state index in [9.17, 15) is 4.79 Å². The third kappa shape index (κ3) is 4.61. The molecule has 0 radical (unpaired) electrons. The summed E-state index contributed by atoms with van der Waals surface area (Å²) in [6, 6.07) is 17.9. The van der Waals surface area contributed by atoms with Crippen LogP contribution in [0, 0.1) is 0 Å². The molecule has 0 aliphatic carbocycles. The quantitative estimate of drug-likeness (QED) is 0.596. The van der Waals surface area contributed by atoms with Crippen molar-refractivity contribution < 1.29 is 9.53 Å². The fraction of sp³-hybridized carbons (Fsp3) is 0.417. The van der Waals surface area contributed by atoms with Gasteiger partial charge in [0.1, 0.15) is 5.75 Å². The summed E-state index contributed by atoms with van der Waals surface area (Å²) >= 11 is 0. The number of hydrogen-bond donors (Lipinski definition) is 0. The number of amides is 1. The lowest BCUT2D eigenvalue weighted by Gasteiger charge is -2.21. The number of carbonyl (C=O) groups excluding carboxylic acids is 1. The summed E-state index contributed by atoms with van der Waals surface area (Å²) in [5.74, 6) is 1.92. The number of likely N-dealkylation sites (tertiary alicyclic amines) is 1. The third-order valence-corrected chi connectivity index (χ3v) is 5.61. The first-order valence-corrected chi connectivity index (χ1v) is 10.7. The van der Waals surface area contributed by atoms with Crippen molar-refractivity contribution in [1.82, 2.24) is 14.5 Å². The number of rotatable bonds is 6. The maximum absolute atomic E-state index is 12.8. The van der Waals surface area contributed by atoms with Crippen LogP contribution in [0.5, 0.6) is 5.75 Å². The molecule has 0 bridgehead atoms. The maximum atomic E-state index is 12.8. The molecule has 5 nitrogen and oxygen atoms in total. The van der Waals surface area contributed by atoms with Crippen LogP contribution in [0.15, 0.2) is 54.6 Å². The van der Waals surface area contributed by atoms with Gasteiger partial charge < -0.3 is 14.2 Å². The fourth-order valence-electron chi connectivity index (χ4n) is 4.08. The molecule has 0 spiro atoms. The first-order chi connectivity index (χ1) is 14.2. The molecule has 5 heteroatoms. The van der Waals surface area contributed by atoms with Gasteiger partial charge in [0, 0.05) is 26.1 Å². The van der Waals surface area contributed by atoms with Gasteiger partial charge in [0.15, 0.2) is 11.9 Å². The molecule has 1 unspecified atom stereocenters. The summed E-state index contributed by atoms with van der Waals surface area (Å²) in [6.45, 7) is 4.42. The van der Waals surface area contributed by atoms with Crippen molar-refractivity contribution in [2.24, 2.45) is 0 Å². The molecular formula is C24H29N3O2. The van der Waals surface area contributed by atoms with E-state index in [0.29, 0.717) is 13.0 Å². The number of hydrogen-bond acceptors (Lipinski definition) is 3. The van der Waals surface area contributed by atoms with Gasteiger partial charge in [-0.25, -0.2) is 4.98 Å². The van der Waals surface area contributed by atoms with E-state index in [0.717, 1.165) is 48.5 Å². The molecule has 2 aromatic carbocycles. The molecule has 152 valence electrons. The van der Waals surface area contributed by atoms with E-state index in [1.54, 1.807) is 0 Å². The van der Waals surface area contributed by atoms with Crippen LogP contribution in [0.2, 0.25) is 0 Å². The molecule has 0 saturated carbocycles. The Morgan fingerprint density at radius 1 is 1.00 bits per heavy atom. The molecule has 3 aromatic rings. The normalized spacial score (nSPS) is 15.8. The lowest BCUT2D eigenvalue weighted by molar-refractivity contribution is -0.131. The van der Waals surface area contributed by atoms with Crippen molar-refractivity contribution >= 4 is 16.9 Å². The summed E-state index contributed by atoms with van der Waals surface area (Å²) in [5.41, 5.74) is 1.99. The molecule has 1 aromatic heterocycles. The minimum atomic E-state index is -0.210. The van der Waals surface area contributed by atoms with Crippen LogP contribution in [-0.2, 0) is 11.3 Å². The number of aryl methyl sites for hydroxylation is 1. The van der Waals surface area contributed by atoms with Gasteiger partial charge in [-0.05, 0) is 44.0 Å². The van der Waals surface area contributed by atoms with Gasteiger partial charge in [-0.3, -0.25) is 4.79 Å². The number of fused-ring (bicyclic) bond motifs is 1. The highest BCUT2D eigenvalue weighted by atomic mass is 16.5. The Morgan fingerprint density at radius 3 is 2.45 bits per heavy atom. The zero-order valence-corrected chi connectivity index (χ0v) is 17.1. The number of carbonyl (C=O) groups is 1. The molecule has 1 aliphatic heterocycles. The van der Waals surface area contributed by atoms with Crippen LogP contribution >= 0.6 is 0 Å². The molecule has 1 saturated heterocycles. The van der Waals surface area contributed by atoms with Crippen LogP contribution in [0.25, 0.3) is 11.0 Å². The predicted octanol–water partition coefficient (Wildman–Crippen LogP) is 4.97.